The summed E-state index contributed by atoms with van der Waals surface area (Å²) in [5.41, 5.74) is 1.13. The van der Waals surface area contributed by atoms with Crippen LogP contribution < -0.4 is 10.1 Å². The van der Waals surface area contributed by atoms with Crippen molar-refractivity contribution in [3.63, 3.8) is 0 Å². The number of rotatable bonds is 7. The Kier molecular flexibility index (Phi) is 6.26. The van der Waals surface area contributed by atoms with Gasteiger partial charge in [-0.15, -0.1) is 0 Å². The van der Waals surface area contributed by atoms with E-state index in [1.54, 1.807) is 0 Å². The summed E-state index contributed by atoms with van der Waals surface area (Å²) in [5.74, 6) is 1.35. The highest BCUT2D eigenvalue weighted by Gasteiger charge is 2.05. The Labute approximate surface area is 110 Å². The van der Waals surface area contributed by atoms with Gasteiger partial charge in [-0.3, -0.25) is 4.79 Å². The summed E-state index contributed by atoms with van der Waals surface area (Å²) in [6.07, 6.45) is 1.91. The fourth-order valence-corrected chi connectivity index (χ4v) is 1.63. The average Bonchev–Trinajstić information content (AvgIpc) is 2.36. The molecule has 0 unspecified atom stereocenters. The molecule has 100 valence electrons. The van der Waals surface area contributed by atoms with E-state index >= 15 is 0 Å². The minimum atomic E-state index is -0.0541. The molecule has 0 spiro atoms. The standard InChI is InChI=1S/C15H23NO2/c1-4-13-7-5-6-8-14(13)18-11-15(17)16-10-9-12(2)3/h5-8,12H,4,9-11H2,1-3H3,(H,16,17). The van der Waals surface area contributed by atoms with E-state index in [0.29, 0.717) is 5.92 Å². The van der Waals surface area contributed by atoms with E-state index in [1.807, 2.05) is 24.3 Å². The molecule has 1 aromatic carbocycles. The van der Waals surface area contributed by atoms with Gasteiger partial charge in [0.05, 0.1) is 0 Å². The van der Waals surface area contributed by atoms with Crippen LogP contribution >= 0.6 is 0 Å². The van der Waals surface area contributed by atoms with E-state index in [2.05, 4.69) is 26.1 Å². The lowest BCUT2D eigenvalue weighted by atomic mass is 10.1. The zero-order valence-corrected chi connectivity index (χ0v) is 11.5. The molecule has 3 heteroatoms. The number of nitrogens with one attached hydrogen (secondary N) is 1. The zero-order chi connectivity index (χ0) is 13.4. The molecule has 0 saturated heterocycles. The molecular formula is C15H23NO2. The monoisotopic (exact) mass is 249 g/mol. The number of carbonyl (C=O) groups is 1. The van der Waals surface area contributed by atoms with Crippen molar-refractivity contribution in [2.24, 2.45) is 5.92 Å². The Balaban J connectivity index is 2.33. The molecule has 0 fully saturated rings. The third-order valence-electron chi connectivity index (χ3n) is 2.76. The number of amides is 1. The molecule has 1 aromatic rings. The van der Waals surface area contributed by atoms with Gasteiger partial charge >= 0.3 is 0 Å². The van der Waals surface area contributed by atoms with Crippen molar-refractivity contribution >= 4 is 5.91 Å². The summed E-state index contributed by atoms with van der Waals surface area (Å²) < 4.78 is 5.54. The maximum Gasteiger partial charge on any atom is 0.257 e. The number of hydrogen-bond acceptors (Lipinski definition) is 2. The second-order valence-corrected chi connectivity index (χ2v) is 4.78. The van der Waals surface area contributed by atoms with E-state index < -0.39 is 0 Å². The third kappa shape index (κ3) is 5.21. The zero-order valence-electron chi connectivity index (χ0n) is 11.5. The SMILES string of the molecule is CCc1ccccc1OCC(=O)NCCC(C)C. The van der Waals surface area contributed by atoms with Crippen molar-refractivity contribution in [2.75, 3.05) is 13.2 Å². The van der Waals surface area contributed by atoms with E-state index in [-0.39, 0.29) is 12.5 Å². The van der Waals surface area contributed by atoms with Crippen LogP contribution in [-0.2, 0) is 11.2 Å². The largest absolute Gasteiger partial charge is 0.483 e. The average molecular weight is 249 g/mol. The quantitative estimate of drug-likeness (QED) is 0.807. The number of benzene rings is 1. The molecule has 0 aliphatic rings. The summed E-state index contributed by atoms with van der Waals surface area (Å²) >= 11 is 0. The molecule has 0 heterocycles. The van der Waals surface area contributed by atoms with Gasteiger partial charge < -0.3 is 10.1 Å². The van der Waals surface area contributed by atoms with Gasteiger partial charge in [0.25, 0.3) is 5.91 Å². The van der Waals surface area contributed by atoms with Crippen LogP contribution in [0.4, 0.5) is 0 Å². The van der Waals surface area contributed by atoms with E-state index in [1.165, 1.54) is 0 Å². The topological polar surface area (TPSA) is 38.3 Å². The second-order valence-electron chi connectivity index (χ2n) is 4.78. The number of aryl methyl sites for hydroxylation is 1. The molecule has 0 aromatic heterocycles. The van der Waals surface area contributed by atoms with Crippen LogP contribution in [0, 0.1) is 5.92 Å². The fraction of sp³-hybridized carbons (Fsp3) is 0.533. The van der Waals surface area contributed by atoms with Crippen molar-refractivity contribution in [1.82, 2.24) is 5.32 Å². The van der Waals surface area contributed by atoms with Gasteiger partial charge in [0, 0.05) is 6.54 Å². The highest BCUT2D eigenvalue weighted by molar-refractivity contribution is 5.77. The Hall–Kier alpha value is -1.51. The van der Waals surface area contributed by atoms with Gasteiger partial charge in [-0.1, -0.05) is 39.0 Å². The van der Waals surface area contributed by atoms with Crippen molar-refractivity contribution in [1.29, 1.82) is 0 Å². The first kappa shape index (κ1) is 14.6. The van der Waals surface area contributed by atoms with Crippen LogP contribution in [0.1, 0.15) is 32.8 Å². The Bertz CT molecular complexity index is 375. The summed E-state index contributed by atoms with van der Waals surface area (Å²) in [5, 5.41) is 2.86. The maximum absolute atomic E-state index is 11.6. The van der Waals surface area contributed by atoms with Gasteiger partial charge in [-0.2, -0.15) is 0 Å². The lowest BCUT2D eigenvalue weighted by Gasteiger charge is -2.11. The van der Waals surface area contributed by atoms with Crippen molar-refractivity contribution in [3.8, 4) is 5.75 Å². The minimum Gasteiger partial charge on any atom is -0.483 e. The highest BCUT2D eigenvalue weighted by atomic mass is 16.5. The molecule has 3 nitrogen and oxygen atoms in total. The molecule has 0 aliphatic carbocycles. The van der Waals surface area contributed by atoms with Gasteiger partial charge in [-0.25, -0.2) is 0 Å². The molecule has 0 atom stereocenters. The number of ether oxygens (including phenoxy) is 1. The number of carbonyl (C=O) groups excluding carboxylic acids is 1. The second kappa shape index (κ2) is 7.75. The van der Waals surface area contributed by atoms with Crippen LogP contribution in [0.3, 0.4) is 0 Å². The van der Waals surface area contributed by atoms with E-state index in [0.717, 1.165) is 30.7 Å². The molecule has 0 bridgehead atoms. The molecule has 1 rings (SSSR count). The maximum atomic E-state index is 11.6. The Morgan fingerprint density at radius 2 is 2.06 bits per heavy atom. The van der Waals surface area contributed by atoms with Gasteiger partial charge in [-0.05, 0) is 30.4 Å². The summed E-state index contributed by atoms with van der Waals surface area (Å²) in [4.78, 5) is 11.6. The van der Waals surface area contributed by atoms with Crippen molar-refractivity contribution in [2.45, 2.75) is 33.6 Å². The molecular weight excluding hydrogens is 226 g/mol. The molecule has 18 heavy (non-hydrogen) atoms. The Morgan fingerprint density at radius 1 is 1.33 bits per heavy atom. The molecule has 0 saturated carbocycles. The minimum absolute atomic E-state index is 0.0541. The predicted molar refractivity (Wildman–Crippen MR) is 73.8 cm³/mol. The first-order chi connectivity index (χ1) is 8.63. The Morgan fingerprint density at radius 3 is 2.72 bits per heavy atom. The lowest BCUT2D eigenvalue weighted by molar-refractivity contribution is -0.123. The summed E-state index contributed by atoms with van der Waals surface area (Å²) in [7, 11) is 0. The molecule has 0 aliphatic heterocycles. The van der Waals surface area contributed by atoms with Crippen LogP contribution in [0.15, 0.2) is 24.3 Å². The van der Waals surface area contributed by atoms with Gasteiger partial charge in [0.2, 0.25) is 0 Å². The van der Waals surface area contributed by atoms with Crippen LogP contribution in [0.2, 0.25) is 0 Å². The van der Waals surface area contributed by atoms with Crippen molar-refractivity contribution < 1.29 is 9.53 Å². The summed E-state index contributed by atoms with van der Waals surface area (Å²) in [6, 6.07) is 7.83. The van der Waals surface area contributed by atoms with Crippen molar-refractivity contribution in [3.05, 3.63) is 29.8 Å². The van der Waals surface area contributed by atoms with Crippen LogP contribution in [-0.4, -0.2) is 19.1 Å². The van der Waals surface area contributed by atoms with Gasteiger partial charge in [0.15, 0.2) is 6.61 Å². The summed E-state index contributed by atoms with van der Waals surface area (Å²) in [6.45, 7) is 7.16. The molecule has 1 amide bonds. The molecule has 0 radical (unpaired) electrons. The first-order valence-electron chi connectivity index (χ1n) is 6.60. The first-order valence-corrected chi connectivity index (χ1v) is 6.60. The highest BCUT2D eigenvalue weighted by Crippen LogP contribution is 2.17. The third-order valence-corrected chi connectivity index (χ3v) is 2.76. The number of para-hydroxylation sites is 1. The lowest BCUT2D eigenvalue weighted by Crippen LogP contribution is -2.30. The number of hydrogen-bond donors (Lipinski definition) is 1. The van der Waals surface area contributed by atoms with Crippen LogP contribution in [0.25, 0.3) is 0 Å². The fourth-order valence-electron chi connectivity index (χ4n) is 1.63. The van der Waals surface area contributed by atoms with E-state index in [4.69, 9.17) is 4.74 Å². The normalized spacial score (nSPS) is 10.4. The molecule has 1 N–H and O–H groups in total. The van der Waals surface area contributed by atoms with Gasteiger partial charge in [0.1, 0.15) is 5.75 Å². The van der Waals surface area contributed by atoms with E-state index in [9.17, 15) is 4.79 Å². The van der Waals surface area contributed by atoms with Crippen LogP contribution in [0.5, 0.6) is 5.75 Å². The smallest absolute Gasteiger partial charge is 0.257 e. The predicted octanol–water partition coefficient (Wildman–Crippen LogP) is 2.79.